The van der Waals surface area contributed by atoms with Gasteiger partial charge in [-0.05, 0) is 36.1 Å². The number of pyridine rings is 1. The molecule has 0 bridgehead atoms. The van der Waals surface area contributed by atoms with E-state index < -0.39 is 0 Å². The van der Waals surface area contributed by atoms with Crippen LogP contribution in [0, 0.1) is 6.92 Å². The molecular formula is C16H19N3S. The molecule has 1 heterocycles. The molecule has 0 atom stereocenters. The fourth-order valence-corrected chi connectivity index (χ4v) is 2.25. The lowest BCUT2D eigenvalue weighted by molar-refractivity contribution is 0.867. The molecule has 0 aliphatic heterocycles. The Morgan fingerprint density at radius 1 is 1.30 bits per heavy atom. The van der Waals surface area contributed by atoms with Crippen molar-refractivity contribution >= 4 is 28.7 Å². The standard InChI is InChI=1S/C16H19N3S/c1-10(2)13-6-4-5-11(3)15(13)19-14-9-12(16(17)20)7-8-18-14/h4-10H,1-3H3,(H2,17,20)(H,18,19). The maximum absolute atomic E-state index is 5.66. The molecule has 4 heteroatoms. The van der Waals surface area contributed by atoms with E-state index in [9.17, 15) is 0 Å². The molecule has 2 aromatic rings. The fourth-order valence-electron chi connectivity index (χ4n) is 2.12. The third kappa shape index (κ3) is 3.14. The SMILES string of the molecule is Cc1cccc(C(C)C)c1Nc1cc(C(N)=S)ccn1. The molecule has 0 spiro atoms. The maximum atomic E-state index is 5.66. The second kappa shape index (κ2) is 6.01. The van der Waals surface area contributed by atoms with Crippen LogP contribution in [0.15, 0.2) is 36.5 Å². The van der Waals surface area contributed by atoms with E-state index in [0.717, 1.165) is 17.1 Å². The van der Waals surface area contributed by atoms with Crippen LogP contribution < -0.4 is 11.1 Å². The van der Waals surface area contributed by atoms with Crippen LogP contribution in [0.3, 0.4) is 0 Å². The van der Waals surface area contributed by atoms with Crippen LogP contribution in [0.25, 0.3) is 0 Å². The van der Waals surface area contributed by atoms with Crippen molar-refractivity contribution in [3.8, 4) is 0 Å². The first-order valence-electron chi connectivity index (χ1n) is 6.61. The van der Waals surface area contributed by atoms with Gasteiger partial charge in [-0.2, -0.15) is 0 Å². The Hall–Kier alpha value is -1.94. The lowest BCUT2D eigenvalue weighted by Crippen LogP contribution is -2.10. The number of para-hydroxylation sites is 1. The molecule has 0 aliphatic rings. The Morgan fingerprint density at radius 2 is 2.05 bits per heavy atom. The summed E-state index contributed by atoms with van der Waals surface area (Å²) in [6, 6.07) is 9.99. The summed E-state index contributed by atoms with van der Waals surface area (Å²) in [5.74, 6) is 1.20. The summed E-state index contributed by atoms with van der Waals surface area (Å²) in [7, 11) is 0. The first-order valence-corrected chi connectivity index (χ1v) is 7.02. The van der Waals surface area contributed by atoms with E-state index >= 15 is 0 Å². The van der Waals surface area contributed by atoms with E-state index in [0.29, 0.717) is 10.9 Å². The van der Waals surface area contributed by atoms with Crippen molar-refractivity contribution in [1.29, 1.82) is 0 Å². The van der Waals surface area contributed by atoms with Gasteiger partial charge in [0.05, 0.1) is 0 Å². The average molecular weight is 285 g/mol. The first-order chi connectivity index (χ1) is 9.49. The zero-order valence-electron chi connectivity index (χ0n) is 12.0. The lowest BCUT2D eigenvalue weighted by Gasteiger charge is -2.17. The first kappa shape index (κ1) is 14.5. The van der Waals surface area contributed by atoms with Gasteiger partial charge < -0.3 is 11.1 Å². The van der Waals surface area contributed by atoms with Gasteiger partial charge in [-0.25, -0.2) is 4.98 Å². The highest BCUT2D eigenvalue weighted by Gasteiger charge is 2.10. The average Bonchev–Trinajstić information content (AvgIpc) is 2.41. The van der Waals surface area contributed by atoms with Crippen LogP contribution in [0.1, 0.15) is 36.5 Å². The molecule has 0 aliphatic carbocycles. The van der Waals surface area contributed by atoms with E-state index in [4.69, 9.17) is 18.0 Å². The van der Waals surface area contributed by atoms with Gasteiger partial charge in [-0.1, -0.05) is 44.3 Å². The number of aryl methyl sites for hydroxylation is 1. The summed E-state index contributed by atoms with van der Waals surface area (Å²) in [6.07, 6.45) is 1.71. The van der Waals surface area contributed by atoms with Gasteiger partial charge in [0.1, 0.15) is 10.8 Å². The van der Waals surface area contributed by atoms with Crippen LogP contribution in [0.4, 0.5) is 11.5 Å². The number of anilines is 2. The van der Waals surface area contributed by atoms with Gasteiger partial charge >= 0.3 is 0 Å². The zero-order chi connectivity index (χ0) is 14.7. The number of rotatable bonds is 4. The van der Waals surface area contributed by atoms with Crippen molar-refractivity contribution < 1.29 is 0 Å². The number of nitrogens with one attached hydrogen (secondary N) is 1. The van der Waals surface area contributed by atoms with E-state index in [2.05, 4.69) is 49.3 Å². The van der Waals surface area contributed by atoms with Gasteiger partial charge in [0, 0.05) is 17.4 Å². The molecule has 20 heavy (non-hydrogen) atoms. The molecule has 0 amide bonds. The van der Waals surface area contributed by atoms with Crippen molar-refractivity contribution in [2.24, 2.45) is 5.73 Å². The second-order valence-corrected chi connectivity index (χ2v) is 5.55. The Morgan fingerprint density at radius 3 is 2.70 bits per heavy atom. The van der Waals surface area contributed by atoms with Gasteiger partial charge in [0.15, 0.2) is 0 Å². The lowest BCUT2D eigenvalue weighted by atomic mass is 9.98. The topological polar surface area (TPSA) is 50.9 Å². The smallest absolute Gasteiger partial charge is 0.130 e. The van der Waals surface area contributed by atoms with Gasteiger partial charge in [0.25, 0.3) is 0 Å². The van der Waals surface area contributed by atoms with E-state index in [1.54, 1.807) is 6.20 Å². The highest BCUT2D eigenvalue weighted by atomic mass is 32.1. The molecule has 0 saturated carbocycles. The molecule has 0 saturated heterocycles. The van der Waals surface area contributed by atoms with Crippen LogP contribution in [0.5, 0.6) is 0 Å². The minimum atomic E-state index is 0.379. The quantitative estimate of drug-likeness (QED) is 0.837. The zero-order valence-corrected chi connectivity index (χ0v) is 12.8. The number of hydrogen-bond donors (Lipinski definition) is 2. The monoisotopic (exact) mass is 285 g/mol. The van der Waals surface area contributed by atoms with Crippen molar-refractivity contribution in [3.63, 3.8) is 0 Å². The van der Waals surface area contributed by atoms with Crippen molar-refractivity contribution in [1.82, 2.24) is 4.98 Å². The molecule has 3 N–H and O–H groups in total. The molecule has 3 nitrogen and oxygen atoms in total. The molecule has 0 fully saturated rings. The van der Waals surface area contributed by atoms with Crippen LogP contribution in [0.2, 0.25) is 0 Å². The minimum absolute atomic E-state index is 0.379. The Bertz CT molecular complexity index is 635. The predicted molar refractivity (Wildman–Crippen MR) is 88.7 cm³/mol. The summed E-state index contributed by atoms with van der Waals surface area (Å²) in [5.41, 5.74) is 10.0. The highest BCUT2D eigenvalue weighted by Crippen LogP contribution is 2.29. The molecule has 2 rings (SSSR count). The van der Waals surface area contributed by atoms with Crippen LogP contribution in [-0.2, 0) is 0 Å². The number of hydrogen-bond acceptors (Lipinski definition) is 3. The number of nitrogens with zero attached hydrogens (tertiary/aromatic N) is 1. The van der Waals surface area contributed by atoms with E-state index in [-0.39, 0.29) is 0 Å². The summed E-state index contributed by atoms with van der Waals surface area (Å²) in [5, 5.41) is 3.39. The Kier molecular flexibility index (Phi) is 4.35. The summed E-state index contributed by atoms with van der Waals surface area (Å²) in [4.78, 5) is 4.71. The fraction of sp³-hybridized carbons (Fsp3) is 0.250. The van der Waals surface area contributed by atoms with Crippen molar-refractivity contribution in [3.05, 3.63) is 53.2 Å². The maximum Gasteiger partial charge on any atom is 0.130 e. The largest absolute Gasteiger partial charge is 0.389 e. The van der Waals surface area contributed by atoms with Gasteiger partial charge in [-0.15, -0.1) is 0 Å². The third-order valence-electron chi connectivity index (χ3n) is 3.22. The molecule has 104 valence electrons. The number of nitrogens with two attached hydrogens (primary N) is 1. The van der Waals surface area contributed by atoms with E-state index in [1.165, 1.54) is 11.1 Å². The van der Waals surface area contributed by atoms with Gasteiger partial charge in [-0.3, -0.25) is 0 Å². The number of aromatic nitrogens is 1. The second-order valence-electron chi connectivity index (χ2n) is 5.11. The number of benzene rings is 1. The molecule has 1 aromatic carbocycles. The molecule has 0 unspecified atom stereocenters. The van der Waals surface area contributed by atoms with Crippen molar-refractivity contribution in [2.75, 3.05) is 5.32 Å². The summed E-state index contributed by atoms with van der Waals surface area (Å²) in [6.45, 7) is 6.45. The number of thiocarbonyl (C=S) groups is 1. The predicted octanol–water partition coefficient (Wildman–Crippen LogP) is 3.89. The Labute approximate surface area is 125 Å². The Balaban J connectivity index is 2.39. The molecule has 0 radical (unpaired) electrons. The molecule has 1 aromatic heterocycles. The van der Waals surface area contributed by atoms with Crippen molar-refractivity contribution in [2.45, 2.75) is 26.7 Å². The normalized spacial score (nSPS) is 10.6. The van der Waals surface area contributed by atoms with Gasteiger partial charge in [0.2, 0.25) is 0 Å². The highest BCUT2D eigenvalue weighted by molar-refractivity contribution is 7.80. The molecular weight excluding hydrogens is 266 g/mol. The minimum Gasteiger partial charge on any atom is -0.389 e. The summed E-state index contributed by atoms with van der Waals surface area (Å²) < 4.78 is 0. The third-order valence-corrected chi connectivity index (χ3v) is 3.46. The summed E-state index contributed by atoms with van der Waals surface area (Å²) >= 11 is 5.00. The van der Waals surface area contributed by atoms with E-state index in [1.807, 2.05) is 12.1 Å². The van der Waals surface area contributed by atoms with Crippen LogP contribution >= 0.6 is 12.2 Å². The van der Waals surface area contributed by atoms with Crippen LogP contribution in [-0.4, -0.2) is 9.97 Å².